The third-order valence-electron chi connectivity index (χ3n) is 5.35. The number of carbonyl (C=O) groups excluding carboxylic acids is 3. The molecule has 6 nitrogen and oxygen atoms in total. The normalized spacial score (nSPS) is 16.4. The van der Waals surface area contributed by atoms with E-state index in [4.69, 9.17) is 21.1 Å². The molecule has 0 saturated carbocycles. The predicted molar refractivity (Wildman–Crippen MR) is 121 cm³/mol. The van der Waals surface area contributed by atoms with Gasteiger partial charge in [-0.15, -0.1) is 0 Å². The van der Waals surface area contributed by atoms with E-state index in [1.165, 1.54) is 7.11 Å². The van der Waals surface area contributed by atoms with Crippen LogP contribution in [0.3, 0.4) is 0 Å². The van der Waals surface area contributed by atoms with Gasteiger partial charge in [-0.2, -0.15) is 0 Å². The van der Waals surface area contributed by atoms with Gasteiger partial charge in [-0.3, -0.25) is 4.79 Å². The largest absolute Gasteiger partial charge is 0.465 e. The molecular formula is C25H26ClNO5. The van der Waals surface area contributed by atoms with Crippen LogP contribution < -0.4 is 0 Å². The number of benzene rings is 2. The molecule has 1 atom stereocenters. The Bertz CT molecular complexity index is 1060. The van der Waals surface area contributed by atoms with E-state index in [9.17, 15) is 14.4 Å². The smallest absolute Gasteiger partial charge is 0.337 e. The Kier molecular flexibility index (Phi) is 7.36. The first-order chi connectivity index (χ1) is 15.2. The minimum Gasteiger partial charge on any atom is -0.465 e. The zero-order chi connectivity index (χ0) is 23.4. The van der Waals surface area contributed by atoms with E-state index in [2.05, 4.69) is 0 Å². The predicted octanol–water partition coefficient (Wildman–Crippen LogP) is 4.87. The monoisotopic (exact) mass is 455 g/mol. The fourth-order valence-electron chi connectivity index (χ4n) is 3.82. The van der Waals surface area contributed by atoms with E-state index in [-0.39, 0.29) is 25.0 Å². The van der Waals surface area contributed by atoms with Gasteiger partial charge in [0.2, 0.25) is 5.91 Å². The second-order valence-corrected chi connectivity index (χ2v) is 8.37. The minimum atomic E-state index is -0.451. The number of amides is 1. The third-order valence-corrected chi connectivity index (χ3v) is 5.60. The second-order valence-electron chi connectivity index (χ2n) is 7.93. The van der Waals surface area contributed by atoms with Crippen LogP contribution in [-0.2, 0) is 25.6 Å². The lowest BCUT2D eigenvalue weighted by molar-refractivity contribution is -0.143. The van der Waals surface area contributed by atoms with E-state index in [0.29, 0.717) is 21.9 Å². The summed E-state index contributed by atoms with van der Waals surface area (Å²) in [4.78, 5) is 39.6. The minimum absolute atomic E-state index is 0.119. The summed E-state index contributed by atoms with van der Waals surface area (Å²) >= 11 is 6.02. The number of nitrogens with zero attached hydrogens (tertiary/aromatic N) is 1. The van der Waals surface area contributed by atoms with E-state index >= 15 is 0 Å². The van der Waals surface area contributed by atoms with Gasteiger partial charge >= 0.3 is 11.9 Å². The highest BCUT2D eigenvalue weighted by Crippen LogP contribution is 2.38. The van der Waals surface area contributed by atoms with E-state index < -0.39 is 17.9 Å². The van der Waals surface area contributed by atoms with Gasteiger partial charge in [-0.1, -0.05) is 35.9 Å². The first kappa shape index (κ1) is 23.5. The van der Waals surface area contributed by atoms with Crippen LogP contribution in [0.5, 0.6) is 0 Å². The topological polar surface area (TPSA) is 72.9 Å². The molecule has 0 radical (unpaired) electrons. The molecule has 0 aromatic heterocycles. The molecular weight excluding hydrogens is 430 g/mol. The molecule has 0 aliphatic carbocycles. The van der Waals surface area contributed by atoms with Gasteiger partial charge in [0.25, 0.3) is 0 Å². The molecule has 0 fully saturated rings. The zero-order valence-corrected chi connectivity index (χ0v) is 19.3. The maximum absolute atomic E-state index is 13.1. The van der Waals surface area contributed by atoms with Gasteiger partial charge in [0.05, 0.1) is 30.9 Å². The van der Waals surface area contributed by atoms with Crippen molar-refractivity contribution >= 4 is 29.4 Å². The molecule has 1 amide bonds. The van der Waals surface area contributed by atoms with Crippen LogP contribution in [0.1, 0.15) is 54.6 Å². The highest BCUT2D eigenvalue weighted by molar-refractivity contribution is 6.30. The molecule has 1 heterocycles. The zero-order valence-electron chi connectivity index (χ0n) is 18.6. The van der Waals surface area contributed by atoms with Gasteiger partial charge in [0.1, 0.15) is 0 Å². The molecule has 32 heavy (non-hydrogen) atoms. The van der Waals surface area contributed by atoms with Crippen molar-refractivity contribution in [3.05, 3.63) is 81.5 Å². The number of halogens is 1. The standard InChI is InChI=1S/C25H26ClNO5/c1-15(2)32-25(30)23-16(3)27(14-17-6-5-7-19(12-17)24(29)31-4)22(28)13-21(23)18-8-10-20(26)11-9-18/h5-12,15,21H,13-14H2,1-4H3/t21-/m0/s1. The summed E-state index contributed by atoms with van der Waals surface area (Å²) < 4.78 is 10.3. The Morgan fingerprint density at radius 2 is 1.81 bits per heavy atom. The highest BCUT2D eigenvalue weighted by Gasteiger charge is 2.37. The summed E-state index contributed by atoms with van der Waals surface area (Å²) in [5.74, 6) is -1.44. The number of rotatable bonds is 6. The molecule has 0 saturated heterocycles. The molecule has 1 aliphatic rings. The summed E-state index contributed by atoms with van der Waals surface area (Å²) in [5.41, 5.74) is 2.96. The molecule has 2 aromatic carbocycles. The number of carbonyl (C=O) groups is 3. The molecule has 3 rings (SSSR count). The van der Waals surface area contributed by atoms with Crippen LogP contribution in [0.2, 0.25) is 5.02 Å². The Hall–Kier alpha value is -3.12. The van der Waals surface area contributed by atoms with Crippen LogP contribution in [0, 0.1) is 0 Å². The van der Waals surface area contributed by atoms with Crippen molar-refractivity contribution in [2.75, 3.05) is 7.11 Å². The summed E-state index contributed by atoms with van der Waals surface area (Å²) in [5, 5.41) is 0.579. The lowest BCUT2D eigenvalue weighted by Crippen LogP contribution is -2.38. The Balaban J connectivity index is 2.01. The van der Waals surface area contributed by atoms with Crippen molar-refractivity contribution in [1.82, 2.24) is 4.90 Å². The van der Waals surface area contributed by atoms with E-state index in [1.807, 2.05) is 18.2 Å². The average molecular weight is 456 g/mol. The lowest BCUT2D eigenvalue weighted by atomic mass is 9.83. The lowest BCUT2D eigenvalue weighted by Gasteiger charge is -2.35. The van der Waals surface area contributed by atoms with Gasteiger partial charge in [-0.05, 0) is 56.2 Å². The first-order valence-corrected chi connectivity index (χ1v) is 10.7. The first-order valence-electron chi connectivity index (χ1n) is 10.4. The number of hydrogen-bond acceptors (Lipinski definition) is 5. The fraction of sp³-hybridized carbons (Fsp3) is 0.320. The number of ether oxygens (including phenoxy) is 2. The highest BCUT2D eigenvalue weighted by atomic mass is 35.5. The number of methoxy groups -OCH3 is 1. The summed E-state index contributed by atoms with van der Waals surface area (Å²) in [6, 6.07) is 14.0. The number of allylic oxidation sites excluding steroid dienone is 1. The Labute approximate surface area is 192 Å². The van der Waals surface area contributed by atoms with Crippen LogP contribution in [0.15, 0.2) is 59.8 Å². The molecule has 0 spiro atoms. The van der Waals surface area contributed by atoms with Gasteiger partial charge in [0.15, 0.2) is 0 Å². The molecule has 0 unspecified atom stereocenters. The van der Waals surface area contributed by atoms with E-state index in [0.717, 1.165) is 11.1 Å². The van der Waals surface area contributed by atoms with Crippen molar-refractivity contribution in [3.63, 3.8) is 0 Å². The van der Waals surface area contributed by atoms with Crippen molar-refractivity contribution in [2.45, 2.75) is 45.8 Å². The quantitative estimate of drug-likeness (QED) is 0.581. The van der Waals surface area contributed by atoms with Crippen LogP contribution in [0.25, 0.3) is 0 Å². The van der Waals surface area contributed by atoms with Crippen LogP contribution in [-0.4, -0.2) is 36.0 Å². The molecule has 1 aliphatic heterocycles. The van der Waals surface area contributed by atoms with Crippen LogP contribution >= 0.6 is 11.6 Å². The Morgan fingerprint density at radius 1 is 1.12 bits per heavy atom. The maximum atomic E-state index is 13.1. The van der Waals surface area contributed by atoms with Crippen molar-refractivity contribution in [3.8, 4) is 0 Å². The average Bonchev–Trinajstić information content (AvgIpc) is 2.75. The van der Waals surface area contributed by atoms with Crippen molar-refractivity contribution < 1.29 is 23.9 Å². The second kappa shape index (κ2) is 10.0. The number of hydrogen-bond donors (Lipinski definition) is 0. The Morgan fingerprint density at radius 3 is 2.44 bits per heavy atom. The molecule has 2 aromatic rings. The fourth-order valence-corrected chi connectivity index (χ4v) is 3.95. The van der Waals surface area contributed by atoms with Gasteiger partial charge in [0, 0.05) is 23.1 Å². The third kappa shape index (κ3) is 5.19. The number of esters is 2. The summed E-state index contributed by atoms with van der Waals surface area (Å²) in [7, 11) is 1.32. The maximum Gasteiger partial charge on any atom is 0.337 e. The van der Waals surface area contributed by atoms with Gasteiger partial charge < -0.3 is 14.4 Å². The van der Waals surface area contributed by atoms with Crippen LogP contribution in [0.4, 0.5) is 0 Å². The van der Waals surface area contributed by atoms with E-state index in [1.54, 1.807) is 56.0 Å². The molecule has 168 valence electrons. The molecule has 7 heteroatoms. The van der Waals surface area contributed by atoms with Crippen molar-refractivity contribution in [2.24, 2.45) is 0 Å². The molecule has 0 bridgehead atoms. The summed E-state index contributed by atoms with van der Waals surface area (Å²) in [6.07, 6.45) is -0.172. The molecule has 0 N–H and O–H groups in total. The van der Waals surface area contributed by atoms with Gasteiger partial charge in [-0.25, -0.2) is 9.59 Å². The summed E-state index contributed by atoms with van der Waals surface area (Å²) in [6.45, 7) is 5.55. The van der Waals surface area contributed by atoms with Crippen molar-refractivity contribution in [1.29, 1.82) is 0 Å². The SMILES string of the molecule is COC(=O)c1cccc(CN2C(=O)C[C@@H](c3ccc(Cl)cc3)C(C(=O)OC(C)C)=C2C)c1.